The smallest absolute Gasteiger partial charge is 0.211 e. The number of hydrogen-bond acceptors (Lipinski definition) is 4. The lowest BCUT2D eigenvalue weighted by Gasteiger charge is -2.40. The van der Waals surface area contributed by atoms with Crippen molar-refractivity contribution < 1.29 is 18.9 Å². The van der Waals surface area contributed by atoms with E-state index in [0.29, 0.717) is 0 Å². The summed E-state index contributed by atoms with van der Waals surface area (Å²) in [6.45, 7) is 0. The highest BCUT2D eigenvalue weighted by Gasteiger charge is 2.54. The van der Waals surface area contributed by atoms with Crippen LogP contribution in [0.4, 0.5) is 0 Å². The molecule has 2 fully saturated rings. The Hall–Kier alpha value is -2.20. The van der Waals surface area contributed by atoms with E-state index in [0.717, 1.165) is 49.4 Å². The van der Waals surface area contributed by atoms with E-state index in [1.54, 1.807) is 14.2 Å². The summed E-state index contributed by atoms with van der Waals surface area (Å²) in [7, 11) is 3.35. The first-order valence-electron chi connectivity index (χ1n) is 8.85. The third-order valence-electron chi connectivity index (χ3n) is 5.41. The summed E-state index contributed by atoms with van der Waals surface area (Å²) in [4.78, 5) is 0. The van der Waals surface area contributed by atoms with Gasteiger partial charge in [-0.1, -0.05) is 12.1 Å². The van der Waals surface area contributed by atoms with E-state index in [1.165, 1.54) is 5.56 Å². The van der Waals surface area contributed by atoms with E-state index in [9.17, 15) is 0 Å². The first kappa shape index (κ1) is 16.3. The molecule has 0 spiro atoms. The van der Waals surface area contributed by atoms with E-state index in [4.69, 9.17) is 18.9 Å². The van der Waals surface area contributed by atoms with Gasteiger partial charge in [0.15, 0.2) is 0 Å². The topological polar surface area (TPSA) is 36.9 Å². The Morgan fingerprint density at radius 1 is 0.720 bits per heavy atom. The molecule has 0 amide bonds. The fourth-order valence-corrected chi connectivity index (χ4v) is 4.07. The number of hydrogen-bond donors (Lipinski definition) is 0. The molecule has 2 aliphatic rings. The average molecular weight is 340 g/mol. The van der Waals surface area contributed by atoms with Crippen LogP contribution in [0, 0.1) is 0 Å². The van der Waals surface area contributed by atoms with Gasteiger partial charge in [0.1, 0.15) is 17.2 Å². The lowest BCUT2D eigenvalue weighted by molar-refractivity contribution is -0.237. The SMILES string of the molecule is COc1ccc(O[C@@]23CCC[C@@](c4ccc(OC)cc4)(CC2)O3)cc1. The minimum atomic E-state index is -0.521. The molecule has 0 aliphatic carbocycles. The van der Waals surface area contributed by atoms with E-state index in [-0.39, 0.29) is 5.60 Å². The van der Waals surface area contributed by atoms with Crippen molar-refractivity contribution in [1.29, 1.82) is 0 Å². The summed E-state index contributed by atoms with van der Waals surface area (Å²) in [6, 6.07) is 16.0. The van der Waals surface area contributed by atoms with Crippen LogP contribution in [0.5, 0.6) is 17.2 Å². The molecule has 0 unspecified atom stereocenters. The van der Waals surface area contributed by atoms with Crippen LogP contribution in [-0.4, -0.2) is 20.0 Å². The zero-order valence-electron chi connectivity index (χ0n) is 14.8. The van der Waals surface area contributed by atoms with Crippen LogP contribution in [0.25, 0.3) is 0 Å². The van der Waals surface area contributed by atoms with E-state index < -0.39 is 5.79 Å². The number of methoxy groups -OCH3 is 2. The van der Waals surface area contributed by atoms with Crippen molar-refractivity contribution >= 4 is 0 Å². The van der Waals surface area contributed by atoms with Gasteiger partial charge in [0.25, 0.3) is 0 Å². The van der Waals surface area contributed by atoms with Gasteiger partial charge in [-0.2, -0.15) is 0 Å². The van der Waals surface area contributed by atoms with Gasteiger partial charge in [-0.25, -0.2) is 0 Å². The molecule has 2 bridgehead atoms. The second-order valence-corrected chi connectivity index (χ2v) is 6.87. The van der Waals surface area contributed by atoms with Gasteiger partial charge >= 0.3 is 0 Å². The molecule has 4 rings (SSSR count). The minimum absolute atomic E-state index is 0.239. The normalized spacial score (nSPS) is 27.8. The highest BCUT2D eigenvalue weighted by atomic mass is 16.7. The molecule has 0 aromatic heterocycles. The average Bonchev–Trinajstić information content (AvgIpc) is 2.93. The van der Waals surface area contributed by atoms with Gasteiger partial charge < -0.3 is 18.9 Å². The van der Waals surface area contributed by atoms with Crippen molar-refractivity contribution in [3.05, 3.63) is 54.1 Å². The summed E-state index contributed by atoms with van der Waals surface area (Å²) in [5.74, 6) is 2.00. The molecule has 2 atom stereocenters. The van der Waals surface area contributed by atoms with Crippen LogP contribution in [0.2, 0.25) is 0 Å². The standard InChI is InChI=1S/C21H24O4/c1-22-17-6-4-16(5-7-17)20-12-3-13-21(25-20,15-14-20)24-19-10-8-18(23-2)9-11-19/h4-11H,3,12-15H2,1-2H3/t20-,21+/m0/s1. The maximum atomic E-state index is 6.60. The Kier molecular flexibility index (Phi) is 4.08. The molecule has 0 saturated carbocycles. The number of rotatable bonds is 5. The monoisotopic (exact) mass is 340 g/mol. The third kappa shape index (κ3) is 2.95. The highest BCUT2D eigenvalue weighted by molar-refractivity contribution is 5.34. The van der Waals surface area contributed by atoms with Gasteiger partial charge in [-0.3, -0.25) is 0 Å². The van der Waals surface area contributed by atoms with E-state index >= 15 is 0 Å². The Bertz CT molecular complexity index is 725. The van der Waals surface area contributed by atoms with Gasteiger partial charge in [0, 0.05) is 12.8 Å². The van der Waals surface area contributed by atoms with Crippen molar-refractivity contribution in [2.75, 3.05) is 14.2 Å². The van der Waals surface area contributed by atoms with Crippen molar-refractivity contribution in [3.63, 3.8) is 0 Å². The first-order valence-corrected chi connectivity index (χ1v) is 8.85. The second-order valence-electron chi connectivity index (χ2n) is 6.87. The van der Waals surface area contributed by atoms with Crippen LogP contribution >= 0.6 is 0 Å². The predicted molar refractivity (Wildman–Crippen MR) is 95.2 cm³/mol. The minimum Gasteiger partial charge on any atom is -0.497 e. The summed E-state index contributed by atoms with van der Waals surface area (Å²) in [6.07, 6.45) is 4.95. The summed E-state index contributed by atoms with van der Waals surface area (Å²) < 4.78 is 23.4. The largest absolute Gasteiger partial charge is 0.497 e. The number of ether oxygens (including phenoxy) is 4. The van der Waals surface area contributed by atoms with E-state index in [2.05, 4.69) is 12.1 Å². The van der Waals surface area contributed by atoms with E-state index in [1.807, 2.05) is 36.4 Å². The fraction of sp³-hybridized carbons (Fsp3) is 0.429. The van der Waals surface area contributed by atoms with Crippen molar-refractivity contribution in [2.24, 2.45) is 0 Å². The molecule has 2 aliphatic heterocycles. The Morgan fingerprint density at radius 3 is 1.96 bits per heavy atom. The molecular formula is C21H24O4. The number of benzene rings is 2. The molecule has 2 heterocycles. The number of fused-ring (bicyclic) bond motifs is 2. The molecule has 2 aromatic carbocycles. The molecular weight excluding hydrogens is 316 g/mol. The Labute approximate surface area is 148 Å². The molecule has 4 heteroatoms. The van der Waals surface area contributed by atoms with Gasteiger partial charge in [0.05, 0.1) is 19.8 Å². The maximum Gasteiger partial charge on any atom is 0.211 e. The molecule has 0 radical (unpaired) electrons. The van der Waals surface area contributed by atoms with Crippen LogP contribution in [0.1, 0.15) is 37.7 Å². The second kappa shape index (κ2) is 6.26. The van der Waals surface area contributed by atoms with Crippen LogP contribution < -0.4 is 14.2 Å². The Balaban J connectivity index is 1.55. The lowest BCUT2D eigenvalue weighted by Crippen LogP contribution is -2.42. The molecule has 25 heavy (non-hydrogen) atoms. The lowest BCUT2D eigenvalue weighted by atomic mass is 9.87. The zero-order chi connectivity index (χ0) is 17.3. The van der Waals surface area contributed by atoms with Gasteiger partial charge in [-0.05, 0) is 61.2 Å². The van der Waals surface area contributed by atoms with Crippen LogP contribution in [0.3, 0.4) is 0 Å². The summed E-state index contributed by atoms with van der Waals surface area (Å²) in [5, 5.41) is 0. The molecule has 2 aromatic rings. The van der Waals surface area contributed by atoms with Crippen molar-refractivity contribution in [1.82, 2.24) is 0 Å². The fourth-order valence-electron chi connectivity index (χ4n) is 4.07. The zero-order valence-corrected chi connectivity index (χ0v) is 14.8. The highest BCUT2D eigenvalue weighted by Crippen LogP contribution is 2.54. The summed E-state index contributed by atoms with van der Waals surface area (Å²) >= 11 is 0. The van der Waals surface area contributed by atoms with Crippen molar-refractivity contribution in [3.8, 4) is 17.2 Å². The van der Waals surface area contributed by atoms with Crippen LogP contribution in [0.15, 0.2) is 48.5 Å². The predicted octanol–water partition coefficient (Wildman–Crippen LogP) is 4.67. The molecule has 4 nitrogen and oxygen atoms in total. The molecule has 132 valence electrons. The molecule has 2 saturated heterocycles. The third-order valence-corrected chi connectivity index (χ3v) is 5.41. The first-order chi connectivity index (χ1) is 12.2. The van der Waals surface area contributed by atoms with Gasteiger partial charge in [0.2, 0.25) is 5.79 Å². The van der Waals surface area contributed by atoms with Gasteiger partial charge in [-0.15, -0.1) is 0 Å². The van der Waals surface area contributed by atoms with Crippen LogP contribution in [-0.2, 0) is 10.3 Å². The van der Waals surface area contributed by atoms with Crippen molar-refractivity contribution in [2.45, 2.75) is 43.5 Å². The Morgan fingerprint density at radius 2 is 1.32 bits per heavy atom. The summed E-state index contributed by atoms with van der Waals surface area (Å²) in [5.41, 5.74) is 0.977. The molecule has 0 N–H and O–H groups in total. The quantitative estimate of drug-likeness (QED) is 0.793. The maximum absolute atomic E-state index is 6.60.